The van der Waals surface area contributed by atoms with E-state index in [9.17, 15) is 0 Å². The number of hydrogen-bond acceptors (Lipinski definition) is 3. The fourth-order valence-corrected chi connectivity index (χ4v) is 1.48. The van der Waals surface area contributed by atoms with Crippen molar-refractivity contribution < 1.29 is 9.47 Å². The van der Waals surface area contributed by atoms with E-state index in [0.29, 0.717) is 6.61 Å². The van der Waals surface area contributed by atoms with E-state index in [0.717, 1.165) is 18.0 Å². The van der Waals surface area contributed by atoms with E-state index in [1.807, 2.05) is 39.1 Å². The molecule has 1 unspecified atom stereocenters. The Morgan fingerprint density at radius 1 is 1.41 bits per heavy atom. The molecule has 0 bridgehead atoms. The lowest BCUT2D eigenvalue weighted by Gasteiger charge is -2.15. The molecule has 0 saturated carbocycles. The average Bonchev–Trinajstić information content (AvgIpc) is 2.33. The van der Waals surface area contributed by atoms with Gasteiger partial charge >= 0.3 is 0 Å². The first-order valence-electron chi connectivity index (χ1n) is 5.90. The molecule has 0 amide bonds. The molecular weight excluding hydrogens is 214 g/mol. The van der Waals surface area contributed by atoms with E-state index in [1.54, 1.807) is 6.08 Å². The maximum absolute atomic E-state index is 5.72. The van der Waals surface area contributed by atoms with Gasteiger partial charge in [-0.15, -0.1) is 0 Å². The maximum atomic E-state index is 5.72. The lowest BCUT2D eigenvalue weighted by molar-refractivity contribution is 0.245. The summed E-state index contributed by atoms with van der Waals surface area (Å²) in [7, 11) is 1.92. The number of hydrogen-bond donors (Lipinski definition) is 1. The van der Waals surface area contributed by atoms with Crippen molar-refractivity contribution >= 4 is 0 Å². The average molecular weight is 235 g/mol. The Morgan fingerprint density at radius 2 is 2.18 bits per heavy atom. The molecule has 94 valence electrons. The minimum absolute atomic E-state index is 0.0237. The Hall–Kier alpha value is -1.48. The summed E-state index contributed by atoms with van der Waals surface area (Å²) in [6, 6.07) is 5.98. The number of rotatable bonds is 7. The van der Waals surface area contributed by atoms with Crippen LogP contribution in [0.2, 0.25) is 0 Å². The number of nitrogens with one attached hydrogen (secondary N) is 1. The van der Waals surface area contributed by atoms with Crippen LogP contribution >= 0.6 is 0 Å². The highest BCUT2D eigenvalue weighted by Gasteiger charge is 2.08. The molecule has 0 fully saturated rings. The van der Waals surface area contributed by atoms with Gasteiger partial charge in [-0.05, 0) is 38.6 Å². The zero-order valence-electron chi connectivity index (χ0n) is 10.8. The third kappa shape index (κ3) is 4.11. The molecule has 3 nitrogen and oxygen atoms in total. The Morgan fingerprint density at radius 3 is 2.76 bits per heavy atom. The summed E-state index contributed by atoms with van der Waals surface area (Å²) in [5.74, 6) is 1.55. The Balaban J connectivity index is 2.90. The molecule has 3 heteroatoms. The van der Waals surface area contributed by atoms with Crippen LogP contribution in [-0.2, 0) is 6.54 Å². The fraction of sp³-hybridized carbons (Fsp3) is 0.429. The van der Waals surface area contributed by atoms with Crippen LogP contribution in [0.25, 0.3) is 0 Å². The summed E-state index contributed by atoms with van der Waals surface area (Å²) in [6.45, 7) is 9.06. The van der Waals surface area contributed by atoms with Gasteiger partial charge in [-0.25, -0.2) is 0 Å². The molecule has 17 heavy (non-hydrogen) atoms. The van der Waals surface area contributed by atoms with Gasteiger partial charge in [0.2, 0.25) is 0 Å². The second kappa shape index (κ2) is 6.97. The van der Waals surface area contributed by atoms with Gasteiger partial charge in [0.1, 0.15) is 6.10 Å². The van der Waals surface area contributed by atoms with Gasteiger partial charge < -0.3 is 14.8 Å². The molecule has 1 rings (SSSR count). The van der Waals surface area contributed by atoms with Gasteiger partial charge in [-0.3, -0.25) is 0 Å². The molecule has 1 aromatic rings. The second-order valence-corrected chi connectivity index (χ2v) is 3.80. The van der Waals surface area contributed by atoms with Crippen LogP contribution in [-0.4, -0.2) is 19.8 Å². The topological polar surface area (TPSA) is 30.5 Å². The molecule has 0 spiro atoms. The van der Waals surface area contributed by atoms with Gasteiger partial charge in [-0.1, -0.05) is 18.7 Å². The fourth-order valence-electron chi connectivity index (χ4n) is 1.48. The zero-order valence-corrected chi connectivity index (χ0v) is 10.8. The normalized spacial score (nSPS) is 11.9. The van der Waals surface area contributed by atoms with Crippen LogP contribution in [0.4, 0.5) is 0 Å². The number of benzene rings is 1. The highest BCUT2D eigenvalue weighted by Crippen LogP contribution is 2.29. The first-order chi connectivity index (χ1) is 8.21. The number of ether oxygens (including phenoxy) is 2. The monoisotopic (exact) mass is 235 g/mol. The van der Waals surface area contributed by atoms with E-state index in [4.69, 9.17) is 9.47 Å². The molecule has 0 radical (unpaired) electrons. The third-order valence-corrected chi connectivity index (χ3v) is 2.33. The summed E-state index contributed by atoms with van der Waals surface area (Å²) >= 11 is 0. The van der Waals surface area contributed by atoms with Gasteiger partial charge in [0.05, 0.1) is 6.61 Å². The first-order valence-corrected chi connectivity index (χ1v) is 5.90. The molecular formula is C14H21NO2. The summed E-state index contributed by atoms with van der Waals surface area (Å²) in [6.07, 6.45) is 1.74. The van der Waals surface area contributed by atoms with E-state index in [1.165, 1.54) is 5.56 Å². The van der Waals surface area contributed by atoms with Crippen molar-refractivity contribution in [2.75, 3.05) is 13.7 Å². The quantitative estimate of drug-likeness (QED) is 0.737. The van der Waals surface area contributed by atoms with Crippen LogP contribution in [0.15, 0.2) is 30.9 Å². The molecule has 1 atom stereocenters. The molecule has 1 N–H and O–H groups in total. The minimum Gasteiger partial charge on any atom is -0.490 e. The van der Waals surface area contributed by atoms with Gasteiger partial charge in [0.25, 0.3) is 0 Å². The molecule has 1 aromatic carbocycles. The van der Waals surface area contributed by atoms with E-state index >= 15 is 0 Å². The highest BCUT2D eigenvalue weighted by molar-refractivity contribution is 5.43. The first kappa shape index (κ1) is 13.6. The molecule has 0 aliphatic carbocycles. The lowest BCUT2D eigenvalue weighted by Crippen LogP contribution is -2.10. The summed E-state index contributed by atoms with van der Waals surface area (Å²) < 4.78 is 11.3. The SMILES string of the molecule is C=CC(C)Oc1ccc(CNC)cc1OCC. The van der Waals surface area contributed by atoms with Crippen molar-refractivity contribution in [2.45, 2.75) is 26.5 Å². The van der Waals surface area contributed by atoms with Crippen molar-refractivity contribution in [3.05, 3.63) is 36.4 Å². The van der Waals surface area contributed by atoms with E-state index in [-0.39, 0.29) is 6.10 Å². The standard InChI is InChI=1S/C14H21NO2/c1-5-11(3)17-13-8-7-12(10-15-4)9-14(13)16-6-2/h5,7-9,11,15H,1,6,10H2,2-4H3. The summed E-state index contributed by atoms with van der Waals surface area (Å²) in [4.78, 5) is 0. The Bertz CT molecular complexity index is 363. The van der Waals surface area contributed by atoms with Crippen molar-refractivity contribution in [2.24, 2.45) is 0 Å². The van der Waals surface area contributed by atoms with Crippen molar-refractivity contribution in [1.29, 1.82) is 0 Å². The Labute approximate surface area is 103 Å². The van der Waals surface area contributed by atoms with Crippen molar-refractivity contribution in [3.8, 4) is 11.5 Å². The summed E-state index contributed by atoms with van der Waals surface area (Å²) in [5, 5.41) is 3.11. The lowest BCUT2D eigenvalue weighted by atomic mass is 10.2. The predicted molar refractivity (Wildman–Crippen MR) is 70.7 cm³/mol. The molecule has 0 aromatic heterocycles. The molecule has 0 saturated heterocycles. The van der Waals surface area contributed by atoms with Crippen LogP contribution in [0, 0.1) is 0 Å². The van der Waals surface area contributed by atoms with E-state index in [2.05, 4.69) is 11.9 Å². The van der Waals surface area contributed by atoms with Crippen LogP contribution in [0.1, 0.15) is 19.4 Å². The van der Waals surface area contributed by atoms with Gasteiger partial charge in [0, 0.05) is 6.54 Å². The zero-order chi connectivity index (χ0) is 12.7. The predicted octanol–water partition coefficient (Wildman–Crippen LogP) is 2.76. The van der Waals surface area contributed by atoms with Gasteiger partial charge in [0.15, 0.2) is 11.5 Å². The molecule has 0 heterocycles. The minimum atomic E-state index is -0.0237. The highest BCUT2D eigenvalue weighted by atomic mass is 16.5. The Kier molecular flexibility index (Phi) is 5.57. The molecule has 0 aliphatic rings. The largest absolute Gasteiger partial charge is 0.490 e. The molecule has 0 aliphatic heterocycles. The van der Waals surface area contributed by atoms with Crippen LogP contribution in [0.3, 0.4) is 0 Å². The summed E-state index contributed by atoms with van der Waals surface area (Å²) in [5.41, 5.74) is 1.18. The van der Waals surface area contributed by atoms with Crippen molar-refractivity contribution in [3.63, 3.8) is 0 Å². The van der Waals surface area contributed by atoms with Crippen LogP contribution in [0.5, 0.6) is 11.5 Å². The van der Waals surface area contributed by atoms with Crippen LogP contribution < -0.4 is 14.8 Å². The van der Waals surface area contributed by atoms with E-state index < -0.39 is 0 Å². The second-order valence-electron chi connectivity index (χ2n) is 3.80. The van der Waals surface area contributed by atoms with Crippen molar-refractivity contribution in [1.82, 2.24) is 5.32 Å². The van der Waals surface area contributed by atoms with Gasteiger partial charge in [-0.2, -0.15) is 0 Å². The maximum Gasteiger partial charge on any atom is 0.162 e. The third-order valence-electron chi connectivity index (χ3n) is 2.33. The smallest absolute Gasteiger partial charge is 0.162 e.